The fraction of sp³-hybridized carbons (Fsp3) is 0.286. The third kappa shape index (κ3) is 5.82. The topological polar surface area (TPSA) is 69.0 Å². The number of anilines is 1. The second-order valence-corrected chi connectivity index (χ2v) is 7.72. The molecule has 0 bridgehead atoms. The summed E-state index contributed by atoms with van der Waals surface area (Å²) in [5.74, 6) is 0.867. The standard InChI is InChI=1S/C21H23ClN4O2S/c1-3-15-4-10-18(11-5-15)23-19(27)14-29-21-25-24-20(26(21)12-13-28-2)16-6-8-17(22)9-7-16/h4-11H,3,12-14H2,1-2H3,(H,23,27). The van der Waals surface area contributed by atoms with Gasteiger partial charge in [-0.3, -0.25) is 9.36 Å². The Balaban J connectivity index is 1.69. The lowest BCUT2D eigenvalue weighted by atomic mass is 10.1. The first-order valence-electron chi connectivity index (χ1n) is 9.30. The summed E-state index contributed by atoms with van der Waals surface area (Å²) in [6.45, 7) is 3.20. The van der Waals surface area contributed by atoms with Gasteiger partial charge in [0.1, 0.15) is 0 Å². The summed E-state index contributed by atoms with van der Waals surface area (Å²) in [6, 6.07) is 15.3. The van der Waals surface area contributed by atoms with Crippen molar-refractivity contribution in [2.45, 2.75) is 25.0 Å². The van der Waals surface area contributed by atoms with Gasteiger partial charge in [0.2, 0.25) is 5.91 Å². The molecule has 1 amide bonds. The smallest absolute Gasteiger partial charge is 0.234 e. The van der Waals surface area contributed by atoms with E-state index in [1.807, 2.05) is 53.1 Å². The number of methoxy groups -OCH3 is 1. The molecule has 0 fully saturated rings. The number of halogens is 1. The number of aryl methyl sites for hydroxylation is 1. The number of hydrogen-bond donors (Lipinski definition) is 1. The van der Waals surface area contributed by atoms with Gasteiger partial charge in [-0.2, -0.15) is 0 Å². The van der Waals surface area contributed by atoms with E-state index in [4.69, 9.17) is 16.3 Å². The van der Waals surface area contributed by atoms with Gasteiger partial charge in [0.05, 0.1) is 18.9 Å². The highest BCUT2D eigenvalue weighted by atomic mass is 35.5. The van der Waals surface area contributed by atoms with Gasteiger partial charge in [0.25, 0.3) is 0 Å². The molecule has 3 rings (SSSR count). The van der Waals surface area contributed by atoms with Crippen LogP contribution in [0, 0.1) is 0 Å². The predicted molar refractivity (Wildman–Crippen MR) is 118 cm³/mol. The lowest BCUT2D eigenvalue weighted by molar-refractivity contribution is -0.113. The normalized spacial score (nSPS) is 10.9. The van der Waals surface area contributed by atoms with Crippen molar-refractivity contribution in [3.05, 3.63) is 59.1 Å². The molecule has 0 radical (unpaired) electrons. The molecule has 6 nitrogen and oxygen atoms in total. The SMILES string of the molecule is CCc1ccc(NC(=O)CSc2nnc(-c3ccc(Cl)cc3)n2CCOC)cc1. The summed E-state index contributed by atoms with van der Waals surface area (Å²) >= 11 is 7.33. The maximum Gasteiger partial charge on any atom is 0.234 e. The quantitative estimate of drug-likeness (QED) is 0.505. The van der Waals surface area contributed by atoms with Crippen molar-refractivity contribution in [3.8, 4) is 11.4 Å². The largest absolute Gasteiger partial charge is 0.383 e. The van der Waals surface area contributed by atoms with E-state index < -0.39 is 0 Å². The van der Waals surface area contributed by atoms with E-state index in [2.05, 4.69) is 22.4 Å². The van der Waals surface area contributed by atoms with Gasteiger partial charge in [-0.25, -0.2) is 0 Å². The number of ether oxygens (including phenoxy) is 1. The van der Waals surface area contributed by atoms with E-state index >= 15 is 0 Å². The Morgan fingerprint density at radius 1 is 1.14 bits per heavy atom. The number of carbonyl (C=O) groups excluding carboxylic acids is 1. The molecule has 2 aromatic carbocycles. The molecule has 0 spiro atoms. The fourth-order valence-corrected chi connectivity index (χ4v) is 3.63. The molecule has 152 valence electrons. The Morgan fingerprint density at radius 2 is 1.86 bits per heavy atom. The fourth-order valence-electron chi connectivity index (χ4n) is 2.74. The highest BCUT2D eigenvalue weighted by Gasteiger charge is 2.16. The molecule has 0 atom stereocenters. The summed E-state index contributed by atoms with van der Waals surface area (Å²) in [7, 11) is 1.65. The molecular formula is C21H23ClN4O2S. The number of benzene rings is 2. The molecule has 1 heterocycles. The highest BCUT2D eigenvalue weighted by Crippen LogP contribution is 2.25. The Kier molecular flexibility index (Phi) is 7.69. The lowest BCUT2D eigenvalue weighted by Crippen LogP contribution is -2.15. The van der Waals surface area contributed by atoms with Crippen LogP contribution in [-0.2, 0) is 22.5 Å². The van der Waals surface area contributed by atoms with Crippen LogP contribution in [-0.4, -0.2) is 40.1 Å². The number of rotatable bonds is 9. The molecule has 29 heavy (non-hydrogen) atoms. The molecular weight excluding hydrogens is 408 g/mol. The first-order valence-corrected chi connectivity index (χ1v) is 10.7. The zero-order chi connectivity index (χ0) is 20.6. The van der Waals surface area contributed by atoms with E-state index in [9.17, 15) is 4.79 Å². The summed E-state index contributed by atoms with van der Waals surface area (Å²) < 4.78 is 7.18. The van der Waals surface area contributed by atoms with Crippen molar-refractivity contribution >= 4 is 35.0 Å². The Bertz CT molecular complexity index is 942. The Labute approximate surface area is 179 Å². The number of nitrogens with one attached hydrogen (secondary N) is 1. The highest BCUT2D eigenvalue weighted by molar-refractivity contribution is 7.99. The maximum atomic E-state index is 12.4. The number of amides is 1. The Hall–Kier alpha value is -2.35. The van der Waals surface area contributed by atoms with Gasteiger partial charge < -0.3 is 10.1 Å². The van der Waals surface area contributed by atoms with Crippen LogP contribution in [0.25, 0.3) is 11.4 Å². The first kappa shape index (κ1) is 21.4. The number of hydrogen-bond acceptors (Lipinski definition) is 5. The third-order valence-corrected chi connectivity index (χ3v) is 5.54. The molecule has 8 heteroatoms. The monoisotopic (exact) mass is 430 g/mol. The van der Waals surface area contributed by atoms with Crippen LogP contribution in [0.3, 0.4) is 0 Å². The van der Waals surface area contributed by atoms with Crippen LogP contribution in [0.4, 0.5) is 5.69 Å². The minimum absolute atomic E-state index is 0.0893. The summed E-state index contributed by atoms with van der Waals surface area (Å²) in [5, 5.41) is 12.8. The molecule has 0 aliphatic carbocycles. The average Bonchev–Trinajstić information content (AvgIpc) is 3.14. The molecule has 0 saturated carbocycles. The van der Waals surface area contributed by atoms with E-state index in [1.165, 1.54) is 17.3 Å². The molecule has 1 aromatic heterocycles. The van der Waals surface area contributed by atoms with Gasteiger partial charge in [-0.1, -0.05) is 42.4 Å². The van der Waals surface area contributed by atoms with Crippen LogP contribution in [0.1, 0.15) is 12.5 Å². The molecule has 0 aliphatic heterocycles. The minimum atomic E-state index is -0.0893. The zero-order valence-electron chi connectivity index (χ0n) is 16.4. The van der Waals surface area contributed by atoms with Crippen molar-refractivity contribution in [2.75, 3.05) is 24.8 Å². The number of nitrogens with zero attached hydrogens (tertiary/aromatic N) is 3. The van der Waals surface area contributed by atoms with Gasteiger partial charge in [-0.15, -0.1) is 10.2 Å². The Morgan fingerprint density at radius 3 is 2.52 bits per heavy atom. The molecule has 1 N–H and O–H groups in total. The molecule has 3 aromatic rings. The number of carbonyl (C=O) groups is 1. The van der Waals surface area contributed by atoms with E-state index in [0.29, 0.717) is 23.3 Å². The van der Waals surface area contributed by atoms with Gasteiger partial charge >= 0.3 is 0 Å². The zero-order valence-corrected chi connectivity index (χ0v) is 18.0. The molecule has 0 unspecified atom stereocenters. The van der Waals surface area contributed by atoms with Crippen LogP contribution in [0.2, 0.25) is 5.02 Å². The van der Waals surface area contributed by atoms with Gasteiger partial charge in [-0.05, 0) is 48.4 Å². The van der Waals surface area contributed by atoms with Crippen LogP contribution < -0.4 is 5.32 Å². The van der Waals surface area contributed by atoms with Crippen molar-refractivity contribution in [1.29, 1.82) is 0 Å². The van der Waals surface area contributed by atoms with E-state index in [0.717, 1.165) is 23.5 Å². The summed E-state index contributed by atoms with van der Waals surface area (Å²) in [5.41, 5.74) is 2.93. The maximum absolute atomic E-state index is 12.4. The average molecular weight is 431 g/mol. The van der Waals surface area contributed by atoms with Crippen molar-refractivity contribution < 1.29 is 9.53 Å². The van der Waals surface area contributed by atoms with Crippen LogP contribution >= 0.6 is 23.4 Å². The van der Waals surface area contributed by atoms with Gasteiger partial charge in [0.15, 0.2) is 11.0 Å². The lowest BCUT2D eigenvalue weighted by Gasteiger charge is -2.10. The predicted octanol–water partition coefficient (Wildman–Crippen LogP) is 4.54. The van der Waals surface area contributed by atoms with Crippen molar-refractivity contribution in [1.82, 2.24) is 14.8 Å². The summed E-state index contributed by atoms with van der Waals surface area (Å²) in [6.07, 6.45) is 0.969. The van der Waals surface area contributed by atoms with Gasteiger partial charge in [0, 0.05) is 23.4 Å². The van der Waals surface area contributed by atoms with Crippen LogP contribution in [0.15, 0.2) is 53.7 Å². The van der Waals surface area contributed by atoms with Crippen molar-refractivity contribution in [3.63, 3.8) is 0 Å². The molecule has 0 saturated heterocycles. The van der Waals surface area contributed by atoms with Crippen molar-refractivity contribution in [2.24, 2.45) is 0 Å². The van der Waals surface area contributed by atoms with Crippen LogP contribution in [0.5, 0.6) is 0 Å². The minimum Gasteiger partial charge on any atom is -0.383 e. The number of aromatic nitrogens is 3. The second kappa shape index (κ2) is 10.4. The number of thioether (sulfide) groups is 1. The first-order chi connectivity index (χ1) is 14.1. The molecule has 0 aliphatic rings. The third-order valence-electron chi connectivity index (χ3n) is 4.32. The van der Waals surface area contributed by atoms with E-state index in [-0.39, 0.29) is 11.7 Å². The van der Waals surface area contributed by atoms with E-state index in [1.54, 1.807) is 7.11 Å². The second-order valence-electron chi connectivity index (χ2n) is 6.34. The summed E-state index contributed by atoms with van der Waals surface area (Å²) in [4.78, 5) is 12.4.